The zero-order valence-electron chi connectivity index (χ0n) is 15.1. The van der Waals surface area contributed by atoms with Crippen LogP contribution in [0.3, 0.4) is 0 Å². The SMILES string of the molecule is NCC(=O)N1CCCC1C(=O)NC(CO)C(=O)NC(Cc1cnc[nH]1)C(=O)O. The average molecular weight is 396 g/mol. The van der Waals surface area contributed by atoms with Crippen molar-refractivity contribution in [2.75, 3.05) is 19.7 Å². The lowest BCUT2D eigenvalue weighted by Crippen LogP contribution is -2.57. The number of aromatic nitrogens is 2. The molecule has 0 spiro atoms. The van der Waals surface area contributed by atoms with Gasteiger partial charge in [0.2, 0.25) is 17.7 Å². The highest BCUT2D eigenvalue weighted by Crippen LogP contribution is 2.17. The van der Waals surface area contributed by atoms with Crippen molar-refractivity contribution in [1.82, 2.24) is 25.5 Å². The summed E-state index contributed by atoms with van der Waals surface area (Å²) in [6.07, 6.45) is 3.79. The Morgan fingerprint density at radius 1 is 1.32 bits per heavy atom. The predicted octanol–water partition coefficient (Wildman–Crippen LogP) is -3.05. The molecule has 1 aliphatic heterocycles. The average Bonchev–Trinajstić information content (AvgIpc) is 3.36. The van der Waals surface area contributed by atoms with Gasteiger partial charge >= 0.3 is 5.97 Å². The lowest BCUT2D eigenvalue weighted by atomic mass is 10.1. The Kier molecular flexibility index (Phi) is 7.46. The second kappa shape index (κ2) is 9.80. The van der Waals surface area contributed by atoms with Gasteiger partial charge in [0.1, 0.15) is 18.1 Å². The first kappa shape index (κ1) is 21.3. The van der Waals surface area contributed by atoms with Gasteiger partial charge in [0.15, 0.2) is 0 Å². The smallest absolute Gasteiger partial charge is 0.326 e. The highest BCUT2D eigenvalue weighted by atomic mass is 16.4. The van der Waals surface area contributed by atoms with Crippen LogP contribution in [0.5, 0.6) is 0 Å². The Morgan fingerprint density at radius 2 is 2.07 bits per heavy atom. The summed E-state index contributed by atoms with van der Waals surface area (Å²) in [4.78, 5) is 55.9. The Bertz CT molecular complexity index is 708. The molecule has 7 N–H and O–H groups in total. The van der Waals surface area contributed by atoms with E-state index in [2.05, 4.69) is 20.6 Å². The van der Waals surface area contributed by atoms with Gasteiger partial charge in [0, 0.05) is 24.9 Å². The number of nitrogens with two attached hydrogens (primary N) is 1. The highest BCUT2D eigenvalue weighted by molar-refractivity contribution is 5.94. The Balaban J connectivity index is 1.98. The minimum atomic E-state index is -1.36. The van der Waals surface area contributed by atoms with Crippen molar-refractivity contribution >= 4 is 23.7 Å². The fraction of sp³-hybridized carbons (Fsp3) is 0.562. The van der Waals surface area contributed by atoms with Gasteiger partial charge < -0.3 is 36.5 Å². The van der Waals surface area contributed by atoms with Crippen LogP contribution in [0.1, 0.15) is 18.5 Å². The van der Waals surface area contributed by atoms with Crippen LogP contribution in [0.15, 0.2) is 12.5 Å². The van der Waals surface area contributed by atoms with E-state index in [4.69, 9.17) is 5.73 Å². The largest absolute Gasteiger partial charge is 0.480 e. The van der Waals surface area contributed by atoms with Gasteiger partial charge in [-0.1, -0.05) is 0 Å². The van der Waals surface area contributed by atoms with E-state index in [1.165, 1.54) is 17.4 Å². The van der Waals surface area contributed by atoms with Gasteiger partial charge in [-0.15, -0.1) is 0 Å². The maximum absolute atomic E-state index is 12.5. The molecule has 154 valence electrons. The van der Waals surface area contributed by atoms with Gasteiger partial charge in [-0.25, -0.2) is 9.78 Å². The van der Waals surface area contributed by atoms with E-state index in [9.17, 15) is 29.4 Å². The molecule has 2 heterocycles. The first-order valence-electron chi connectivity index (χ1n) is 8.78. The normalized spacial score (nSPS) is 18.4. The van der Waals surface area contributed by atoms with Crippen LogP contribution >= 0.6 is 0 Å². The summed E-state index contributed by atoms with van der Waals surface area (Å²) in [5.41, 5.74) is 5.84. The van der Waals surface area contributed by atoms with E-state index in [0.29, 0.717) is 25.1 Å². The number of rotatable bonds is 9. The molecule has 1 saturated heterocycles. The second-order valence-corrected chi connectivity index (χ2v) is 6.37. The predicted molar refractivity (Wildman–Crippen MR) is 94.7 cm³/mol. The van der Waals surface area contributed by atoms with Gasteiger partial charge in [-0.3, -0.25) is 14.4 Å². The van der Waals surface area contributed by atoms with Gasteiger partial charge in [-0.2, -0.15) is 0 Å². The van der Waals surface area contributed by atoms with Crippen LogP contribution in [0, 0.1) is 0 Å². The fourth-order valence-corrected chi connectivity index (χ4v) is 3.01. The third kappa shape index (κ3) is 5.27. The number of aliphatic hydroxyl groups is 1. The molecule has 1 aromatic rings. The van der Waals surface area contributed by atoms with Crippen LogP contribution in [0.25, 0.3) is 0 Å². The minimum Gasteiger partial charge on any atom is -0.480 e. The molecule has 2 rings (SSSR count). The number of hydrogen-bond acceptors (Lipinski definition) is 7. The number of nitrogens with zero attached hydrogens (tertiary/aromatic N) is 2. The Hall–Kier alpha value is -2.99. The standard InChI is InChI=1S/C16H24N6O6/c17-5-13(24)22-3-1-2-12(22)15(26)21-11(7-23)14(25)20-10(16(27)28)4-9-6-18-8-19-9/h6,8,10-12,23H,1-5,7,17H2,(H,18,19)(H,20,25)(H,21,26)(H,27,28). The number of amides is 3. The van der Waals surface area contributed by atoms with Crippen LogP contribution in [0.4, 0.5) is 0 Å². The number of aliphatic carboxylic acids is 1. The summed E-state index contributed by atoms with van der Waals surface area (Å²) >= 11 is 0. The minimum absolute atomic E-state index is 0.0471. The number of carboxylic acid groups (broad SMARTS) is 1. The third-order valence-electron chi connectivity index (χ3n) is 4.46. The molecule has 3 unspecified atom stereocenters. The quantitative estimate of drug-likeness (QED) is 0.253. The first-order chi connectivity index (χ1) is 13.4. The molecule has 28 heavy (non-hydrogen) atoms. The third-order valence-corrected chi connectivity index (χ3v) is 4.46. The molecule has 12 nitrogen and oxygen atoms in total. The molecule has 0 saturated carbocycles. The van der Waals surface area contributed by atoms with Crippen LogP contribution < -0.4 is 16.4 Å². The van der Waals surface area contributed by atoms with E-state index >= 15 is 0 Å². The summed E-state index contributed by atoms with van der Waals surface area (Å²) in [6.45, 7) is -0.581. The summed E-state index contributed by atoms with van der Waals surface area (Å²) in [7, 11) is 0. The summed E-state index contributed by atoms with van der Waals surface area (Å²) in [5, 5.41) is 23.4. The number of aliphatic hydroxyl groups excluding tert-OH is 1. The molecule has 3 amide bonds. The van der Waals surface area contributed by atoms with E-state index < -0.39 is 42.5 Å². The van der Waals surface area contributed by atoms with E-state index in [-0.39, 0.29) is 18.9 Å². The lowest BCUT2D eigenvalue weighted by molar-refractivity contribution is -0.143. The van der Waals surface area contributed by atoms with Crippen molar-refractivity contribution in [3.05, 3.63) is 18.2 Å². The molecular formula is C16H24N6O6. The molecule has 12 heteroatoms. The number of aromatic amines is 1. The second-order valence-electron chi connectivity index (χ2n) is 6.37. The molecule has 0 radical (unpaired) electrons. The van der Waals surface area contributed by atoms with E-state index in [1.54, 1.807) is 0 Å². The van der Waals surface area contributed by atoms with Crippen molar-refractivity contribution in [3.63, 3.8) is 0 Å². The summed E-state index contributed by atoms with van der Waals surface area (Å²) < 4.78 is 0. The molecule has 0 aromatic carbocycles. The molecule has 1 aliphatic rings. The molecule has 1 aromatic heterocycles. The fourth-order valence-electron chi connectivity index (χ4n) is 3.01. The number of carbonyl (C=O) groups excluding carboxylic acids is 3. The molecule has 0 aliphatic carbocycles. The van der Waals surface area contributed by atoms with Gasteiger partial charge in [0.25, 0.3) is 0 Å². The number of carbonyl (C=O) groups is 4. The van der Waals surface area contributed by atoms with E-state index in [0.717, 1.165) is 0 Å². The van der Waals surface area contributed by atoms with Crippen LogP contribution in [-0.2, 0) is 25.6 Å². The van der Waals surface area contributed by atoms with E-state index in [1.807, 2.05) is 0 Å². The summed E-state index contributed by atoms with van der Waals surface area (Å²) in [6, 6.07) is -3.41. The maximum atomic E-state index is 12.5. The van der Waals surface area contributed by atoms with Crippen LogP contribution in [0.2, 0.25) is 0 Å². The number of hydrogen-bond donors (Lipinski definition) is 6. The number of imidazole rings is 1. The topological polar surface area (TPSA) is 191 Å². The zero-order chi connectivity index (χ0) is 20.7. The van der Waals surface area contributed by atoms with Crippen molar-refractivity contribution in [2.45, 2.75) is 37.4 Å². The lowest BCUT2D eigenvalue weighted by Gasteiger charge is -2.26. The Morgan fingerprint density at radius 3 is 2.64 bits per heavy atom. The first-order valence-corrected chi connectivity index (χ1v) is 8.78. The Labute approximate surface area is 160 Å². The number of H-pyrrole nitrogens is 1. The van der Waals surface area contributed by atoms with Gasteiger partial charge in [0.05, 0.1) is 19.5 Å². The van der Waals surface area contributed by atoms with Crippen molar-refractivity contribution < 1.29 is 29.4 Å². The number of likely N-dealkylation sites (tertiary alicyclic amines) is 1. The van der Waals surface area contributed by atoms with Crippen molar-refractivity contribution in [3.8, 4) is 0 Å². The van der Waals surface area contributed by atoms with Crippen LogP contribution in [-0.4, -0.2) is 86.6 Å². The molecular weight excluding hydrogens is 372 g/mol. The maximum Gasteiger partial charge on any atom is 0.326 e. The summed E-state index contributed by atoms with van der Waals surface area (Å²) in [5.74, 6) is -3.11. The molecule has 3 atom stereocenters. The monoisotopic (exact) mass is 396 g/mol. The molecule has 1 fully saturated rings. The highest BCUT2D eigenvalue weighted by Gasteiger charge is 2.35. The zero-order valence-corrected chi connectivity index (χ0v) is 15.1. The van der Waals surface area contributed by atoms with Crippen molar-refractivity contribution in [1.29, 1.82) is 0 Å². The van der Waals surface area contributed by atoms with Crippen molar-refractivity contribution in [2.24, 2.45) is 5.73 Å². The molecule has 0 bridgehead atoms. The number of carboxylic acids is 1. The van der Waals surface area contributed by atoms with Gasteiger partial charge in [-0.05, 0) is 12.8 Å². The number of nitrogens with one attached hydrogen (secondary N) is 3.